The second-order valence-corrected chi connectivity index (χ2v) is 7.92. The SMILES string of the molecule is O=C(NCCCN1CCNCC1)c1csc(-c2ccc(Cl)s2)n1. The van der Waals surface area contributed by atoms with E-state index in [2.05, 4.69) is 20.5 Å². The number of thiazole rings is 1. The van der Waals surface area contributed by atoms with Crippen molar-refractivity contribution in [1.82, 2.24) is 20.5 Å². The second-order valence-electron chi connectivity index (χ2n) is 5.34. The molecule has 1 amide bonds. The van der Waals surface area contributed by atoms with Crippen LogP contribution in [0.2, 0.25) is 4.34 Å². The Morgan fingerprint density at radius 2 is 2.22 bits per heavy atom. The first-order valence-corrected chi connectivity index (χ1v) is 9.72. The average molecular weight is 371 g/mol. The quantitative estimate of drug-likeness (QED) is 0.767. The molecule has 2 aromatic rings. The first kappa shape index (κ1) is 16.9. The number of piperazine rings is 1. The van der Waals surface area contributed by atoms with Crippen molar-refractivity contribution in [3.8, 4) is 9.88 Å². The lowest BCUT2D eigenvalue weighted by atomic mass is 10.3. The Labute approximate surface area is 148 Å². The summed E-state index contributed by atoms with van der Waals surface area (Å²) in [6, 6.07) is 3.78. The smallest absolute Gasteiger partial charge is 0.270 e. The molecular weight excluding hydrogens is 352 g/mol. The molecule has 124 valence electrons. The molecule has 0 aliphatic carbocycles. The van der Waals surface area contributed by atoms with Crippen molar-refractivity contribution in [2.45, 2.75) is 6.42 Å². The zero-order valence-electron chi connectivity index (χ0n) is 12.7. The summed E-state index contributed by atoms with van der Waals surface area (Å²) in [5.41, 5.74) is 0.483. The zero-order valence-corrected chi connectivity index (χ0v) is 15.1. The van der Waals surface area contributed by atoms with Crippen LogP contribution in [0.15, 0.2) is 17.5 Å². The molecule has 0 aromatic carbocycles. The number of hydrogen-bond acceptors (Lipinski definition) is 6. The zero-order chi connectivity index (χ0) is 16.1. The number of nitrogens with one attached hydrogen (secondary N) is 2. The Morgan fingerprint density at radius 1 is 1.39 bits per heavy atom. The van der Waals surface area contributed by atoms with E-state index in [1.807, 2.05) is 12.1 Å². The van der Waals surface area contributed by atoms with E-state index in [-0.39, 0.29) is 5.91 Å². The fourth-order valence-electron chi connectivity index (χ4n) is 2.45. The number of hydrogen-bond donors (Lipinski definition) is 2. The largest absolute Gasteiger partial charge is 0.351 e. The van der Waals surface area contributed by atoms with Gasteiger partial charge in [0.25, 0.3) is 5.91 Å². The summed E-state index contributed by atoms with van der Waals surface area (Å²) < 4.78 is 0.731. The third-order valence-electron chi connectivity index (χ3n) is 3.67. The summed E-state index contributed by atoms with van der Waals surface area (Å²) in [6.45, 7) is 6.00. The van der Waals surface area contributed by atoms with Gasteiger partial charge in [-0.25, -0.2) is 4.98 Å². The van der Waals surface area contributed by atoms with E-state index in [1.165, 1.54) is 22.7 Å². The number of carbonyl (C=O) groups is 1. The summed E-state index contributed by atoms with van der Waals surface area (Å²) in [5, 5.41) is 8.93. The summed E-state index contributed by atoms with van der Waals surface area (Å²) in [7, 11) is 0. The van der Waals surface area contributed by atoms with Crippen LogP contribution in [-0.2, 0) is 0 Å². The fourth-order valence-corrected chi connectivity index (χ4v) is 4.37. The van der Waals surface area contributed by atoms with Gasteiger partial charge >= 0.3 is 0 Å². The van der Waals surface area contributed by atoms with Crippen LogP contribution >= 0.6 is 34.3 Å². The van der Waals surface area contributed by atoms with E-state index in [0.717, 1.165) is 53.4 Å². The van der Waals surface area contributed by atoms with E-state index in [1.54, 1.807) is 5.38 Å². The molecule has 23 heavy (non-hydrogen) atoms. The molecule has 1 fully saturated rings. The lowest BCUT2D eigenvalue weighted by molar-refractivity contribution is 0.0947. The van der Waals surface area contributed by atoms with Crippen molar-refractivity contribution in [2.24, 2.45) is 0 Å². The molecule has 0 radical (unpaired) electrons. The van der Waals surface area contributed by atoms with Crippen LogP contribution in [-0.4, -0.2) is 55.1 Å². The Kier molecular flexibility index (Phi) is 6.02. The van der Waals surface area contributed by atoms with Crippen molar-refractivity contribution in [2.75, 3.05) is 39.3 Å². The number of carbonyl (C=O) groups excluding carboxylic acids is 1. The second kappa shape index (κ2) is 8.21. The highest BCUT2D eigenvalue weighted by atomic mass is 35.5. The van der Waals surface area contributed by atoms with Gasteiger partial charge in [-0.05, 0) is 25.1 Å². The maximum atomic E-state index is 12.1. The number of halogens is 1. The Hall–Kier alpha value is -0.990. The van der Waals surface area contributed by atoms with Crippen LogP contribution in [0.5, 0.6) is 0 Å². The Morgan fingerprint density at radius 3 is 2.96 bits per heavy atom. The van der Waals surface area contributed by atoms with Crippen molar-refractivity contribution < 1.29 is 4.79 Å². The van der Waals surface area contributed by atoms with E-state index >= 15 is 0 Å². The molecule has 0 unspecified atom stereocenters. The normalized spacial score (nSPS) is 15.7. The molecule has 5 nitrogen and oxygen atoms in total. The molecule has 1 saturated heterocycles. The predicted molar refractivity (Wildman–Crippen MR) is 96.7 cm³/mol. The summed E-state index contributed by atoms with van der Waals surface area (Å²) in [5.74, 6) is -0.101. The highest BCUT2D eigenvalue weighted by Crippen LogP contribution is 2.32. The van der Waals surface area contributed by atoms with E-state index < -0.39 is 0 Å². The molecule has 0 spiro atoms. The highest BCUT2D eigenvalue weighted by Gasteiger charge is 2.13. The van der Waals surface area contributed by atoms with Gasteiger partial charge in [0.2, 0.25) is 0 Å². The van der Waals surface area contributed by atoms with Gasteiger partial charge in [0.05, 0.1) is 9.21 Å². The van der Waals surface area contributed by atoms with Crippen LogP contribution in [0.3, 0.4) is 0 Å². The van der Waals surface area contributed by atoms with Crippen LogP contribution in [0.1, 0.15) is 16.9 Å². The first-order chi connectivity index (χ1) is 11.2. The average Bonchev–Trinajstić information content (AvgIpc) is 3.21. The van der Waals surface area contributed by atoms with Crippen molar-refractivity contribution >= 4 is 40.2 Å². The fraction of sp³-hybridized carbons (Fsp3) is 0.467. The molecule has 0 atom stereocenters. The van der Waals surface area contributed by atoms with Crippen molar-refractivity contribution in [3.63, 3.8) is 0 Å². The molecule has 1 aliphatic heterocycles. The minimum atomic E-state index is -0.101. The van der Waals surface area contributed by atoms with Crippen LogP contribution in [0, 0.1) is 0 Å². The molecule has 2 N–H and O–H groups in total. The summed E-state index contributed by atoms with van der Waals surface area (Å²) in [4.78, 5) is 20.0. The topological polar surface area (TPSA) is 57.3 Å². The first-order valence-electron chi connectivity index (χ1n) is 7.65. The lowest BCUT2D eigenvalue weighted by Crippen LogP contribution is -2.44. The van der Waals surface area contributed by atoms with Gasteiger partial charge in [-0.2, -0.15) is 0 Å². The summed E-state index contributed by atoms with van der Waals surface area (Å²) in [6.07, 6.45) is 0.962. The third kappa shape index (κ3) is 4.74. The number of thiophene rings is 1. The van der Waals surface area contributed by atoms with Gasteiger partial charge in [0.15, 0.2) is 0 Å². The Balaban J connectivity index is 1.44. The van der Waals surface area contributed by atoms with E-state index in [4.69, 9.17) is 11.6 Å². The molecule has 8 heteroatoms. The number of nitrogens with zero attached hydrogens (tertiary/aromatic N) is 2. The third-order valence-corrected chi connectivity index (χ3v) is 5.91. The molecule has 0 saturated carbocycles. The molecule has 1 aliphatic rings. The van der Waals surface area contributed by atoms with Crippen LogP contribution in [0.4, 0.5) is 0 Å². The molecule has 2 aromatic heterocycles. The van der Waals surface area contributed by atoms with Gasteiger partial charge in [-0.3, -0.25) is 4.79 Å². The number of amides is 1. The van der Waals surface area contributed by atoms with Gasteiger partial charge in [-0.15, -0.1) is 22.7 Å². The van der Waals surface area contributed by atoms with Gasteiger partial charge in [0, 0.05) is 38.1 Å². The number of rotatable bonds is 6. The minimum absolute atomic E-state index is 0.101. The maximum absolute atomic E-state index is 12.1. The summed E-state index contributed by atoms with van der Waals surface area (Å²) >= 11 is 8.88. The highest BCUT2D eigenvalue weighted by molar-refractivity contribution is 7.23. The van der Waals surface area contributed by atoms with E-state index in [9.17, 15) is 4.79 Å². The standard InChI is InChI=1S/C15H19ClN4OS2/c16-13-3-2-12(23-13)15-19-11(10-22-15)14(21)18-4-1-7-20-8-5-17-6-9-20/h2-3,10,17H,1,4-9H2,(H,18,21). The van der Waals surface area contributed by atoms with Gasteiger partial charge < -0.3 is 15.5 Å². The van der Waals surface area contributed by atoms with E-state index in [0.29, 0.717) is 12.2 Å². The van der Waals surface area contributed by atoms with Gasteiger partial charge in [-0.1, -0.05) is 11.6 Å². The maximum Gasteiger partial charge on any atom is 0.270 e. The molecule has 3 heterocycles. The van der Waals surface area contributed by atoms with Crippen LogP contribution in [0.25, 0.3) is 9.88 Å². The van der Waals surface area contributed by atoms with Crippen molar-refractivity contribution in [3.05, 3.63) is 27.5 Å². The lowest BCUT2D eigenvalue weighted by Gasteiger charge is -2.26. The minimum Gasteiger partial charge on any atom is -0.351 e. The van der Waals surface area contributed by atoms with Crippen LogP contribution < -0.4 is 10.6 Å². The molecule has 0 bridgehead atoms. The predicted octanol–water partition coefficient (Wildman–Crippen LogP) is 2.55. The molecule has 3 rings (SSSR count). The van der Waals surface area contributed by atoms with Gasteiger partial charge in [0.1, 0.15) is 10.7 Å². The monoisotopic (exact) mass is 370 g/mol. The van der Waals surface area contributed by atoms with Crippen molar-refractivity contribution in [1.29, 1.82) is 0 Å². The number of aromatic nitrogens is 1. The Bertz CT molecular complexity index is 651. The molecular formula is C15H19ClN4OS2.